The summed E-state index contributed by atoms with van der Waals surface area (Å²) in [5.74, 6) is 0.212. The lowest BCUT2D eigenvalue weighted by Gasteiger charge is -2.60. The second kappa shape index (κ2) is 7.28. The third kappa shape index (κ3) is 3.64. The number of benzene rings is 1. The summed E-state index contributed by atoms with van der Waals surface area (Å²) in [7, 11) is 0. The van der Waals surface area contributed by atoms with Crippen molar-refractivity contribution in [1.82, 2.24) is 10.6 Å². The maximum absolute atomic E-state index is 13.8. The normalized spacial score (nSPS) is 28.0. The Morgan fingerprint density at radius 2 is 2.16 bits per heavy atom. The first-order valence-corrected chi connectivity index (χ1v) is 9.04. The quantitative estimate of drug-likeness (QED) is 0.647. The van der Waals surface area contributed by atoms with Crippen molar-refractivity contribution in [3.8, 4) is 0 Å². The Kier molecular flexibility index (Phi) is 5.27. The number of hydrogen-bond donors (Lipinski definition) is 2. The van der Waals surface area contributed by atoms with E-state index in [2.05, 4.69) is 29.5 Å². The van der Waals surface area contributed by atoms with E-state index in [9.17, 15) is 8.78 Å². The van der Waals surface area contributed by atoms with Gasteiger partial charge in [0.2, 0.25) is 0 Å². The third-order valence-electron chi connectivity index (χ3n) is 5.38. The van der Waals surface area contributed by atoms with Crippen LogP contribution in [0.4, 0.5) is 8.78 Å². The van der Waals surface area contributed by atoms with Crippen LogP contribution in [-0.2, 0) is 11.3 Å². The predicted molar refractivity (Wildman–Crippen MR) is 94.3 cm³/mol. The molecule has 1 aromatic rings. The maximum atomic E-state index is 13.8. The van der Waals surface area contributed by atoms with Crippen molar-refractivity contribution >= 4 is 5.96 Å². The van der Waals surface area contributed by atoms with E-state index in [0.717, 1.165) is 31.6 Å². The highest BCUT2D eigenvalue weighted by Gasteiger charge is 2.58. The van der Waals surface area contributed by atoms with Crippen molar-refractivity contribution in [2.75, 3.05) is 13.2 Å². The summed E-state index contributed by atoms with van der Waals surface area (Å²) in [6, 6.07) is 3.71. The Bertz CT molecular complexity index is 648. The van der Waals surface area contributed by atoms with E-state index in [1.54, 1.807) is 0 Å². The van der Waals surface area contributed by atoms with Crippen LogP contribution in [-0.4, -0.2) is 31.3 Å². The molecule has 3 unspecified atom stereocenters. The number of hydrogen-bond acceptors (Lipinski definition) is 2. The lowest BCUT2D eigenvalue weighted by Crippen LogP contribution is -2.71. The molecule has 2 aliphatic rings. The molecule has 2 N–H and O–H groups in total. The average Bonchev–Trinajstić information content (AvgIpc) is 2.60. The number of halogens is 2. The van der Waals surface area contributed by atoms with Crippen LogP contribution in [0.5, 0.6) is 0 Å². The molecule has 0 spiro atoms. The SMILES string of the molecule is CCNC(=NCc1cc(F)ccc1F)NC1C2CCCOC2C1(C)C. The lowest BCUT2D eigenvalue weighted by atomic mass is 9.55. The number of ether oxygens (including phenoxy) is 1. The molecule has 1 saturated heterocycles. The summed E-state index contributed by atoms with van der Waals surface area (Å²) in [6.45, 7) is 8.02. The van der Waals surface area contributed by atoms with Gasteiger partial charge in [0, 0.05) is 36.1 Å². The van der Waals surface area contributed by atoms with E-state index >= 15 is 0 Å². The second-order valence-electron chi connectivity index (χ2n) is 7.47. The van der Waals surface area contributed by atoms with Crippen LogP contribution < -0.4 is 10.6 Å². The Balaban J connectivity index is 1.71. The molecule has 138 valence electrons. The summed E-state index contributed by atoms with van der Waals surface area (Å²) in [6.07, 6.45) is 2.50. The van der Waals surface area contributed by atoms with Crippen molar-refractivity contribution in [2.24, 2.45) is 16.3 Å². The van der Waals surface area contributed by atoms with Gasteiger partial charge >= 0.3 is 0 Å². The molecule has 1 aromatic carbocycles. The Morgan fingerprint density at radius 1 is 1.36 bits per heavy atom. The van der Waals surface area contributed by atoms with Crippen molar-refractivity contribution in [3.63, 3.8) is 0 Å². The fourth-order valence-corrected chi connectivity index (χ4v) is 4.11. The minimum atomic E-state index is -0.452. The van der Waals surface area contributed by atoms with Gasteiger partial charge in [-0.15, -0.1) is 0 Å². The highest BCUT2D eigenvalue weighted by atomic mass is 19.1. The standard InChI is InChI=1S/C19H27F2N3O/c1-4-22-18(23-11-12-10-13(20)7-8-15(12)21)24-16-14-6-5-9-25-17(14)19(16,2)3/h7-8,10,14,16-17H,4-6,9,11H2,1-3H3,(H2,22,23,24). The maximum Gasteiger partial charge on any atom is 0.191 e. The highest BCUT2D eigenvalue weighted by Crippen LogP contribution is 2.51. The summed E-state index contributed by atoms with van der Waals surface area (Å²) in [5.41, 5.74) is 0.273. The number of fused-ring (bicyclic) bond motifs is 1. The molecular formula is C19H27F2N3O. The number of nitrogens with zero attached hydrogens (tertiary/aromatic N) is 1. The van der Waals surface area contributed by atoms with Crippen LogP contribution in [0.3, 0.4) is 0 Å². The summed E-state index contributed by atoms with van der Waals surface area (Å²) < 4.78 is 33.0. The number of rotatable bonds is 4. The van der Waals surface area contributed by atoms with Gasteiger partial charge in [-0.3, -0.25) is 0 Å². The molecule has 0 radical (unpaired) electrons. The molecule has 1 saturated carbocycles. The molecule has 1 heterocycles. The summed E-state index contributed by atoms with van der Waals surface area (Å²) in [4.78, 5) is 4.46. The van der Waals surface area contributed by atoms with Gasteiger partial charge < -0.3 is 15.4 Å². The smallest absolute Gasteiger partial charge is 0.191 e. The molecule has 1 aliphatic heterocycles. The average molecular weight is 351 g/mol. The minimum Gasteiger partial charge on any atom is -0.377 e. The molecule has 6 heteroatoms. The minimum absolute atomic E-state index is 0.0192. The molecule has 3 rings (SSSR count). The van der Waals surface area contributed by atoms with Gasteiger partial charge in [0.05, 0.1) is 12.6 Å². The van der Waals surface area contributed by atoms with Crippen molar-refractivity contribution < 1.29 is 13.5 Å². The molecular weight excluding hydrogens is 324 g/mol. The largest absolute Gasteiger partial charge is 0.377 e. The molecule has 1 aliphatic carbocycles. The van der Waals surface area contributed by atoms with Gasteiger partial charge in [-0.2, -0.15) is 0 Å². The van der Waals surface area contributed by atoms with Crippen LogP contribution in [0, 0.1) is 23.0 Å². The zero-order valence-electron chi connectivity index (χ0n) is 15.1. The Morgan fingerprint density at radius 3 is 2.92 bits per heavy atom. The Labute approximate surface area is 148 Å². The zero-order chi connectivity index (χ0) is 18.0. The van der Waals surface area contributed by atoms with Gasteiger partial charge in [-0.05, 0) is 38.0 Å². The van der Waals surface area contributed by atoms with E-state index in [1.165, 1.54) is 6.07 Å². The number of guanidine groups is 1. The van der Waals surface area contributed by atoms with Crippen LogP contribution in [0.2, 0.25) is 0 Å². The van der Waals surface area contributed by atoms with Gasteiger partial charge in [0.1, 0.15) is 11.6 Å². The van der Waals surface area contributed by atoms with Gasteiger partial charge in [0.15, 0.2) is 5.96 Å². The van der Waals surface area contributed by atoms with E-state index in [4.69, 9.17) is 4.74 Å². The van der Waals surface area contributed by atoms with E-state index in [-0.39, 0.29) is 29.7 Å². The van der Waals surface area contributed by atoms with Crippen LogP contribution in [0.25, 0.3) is 0 Å². The molecule has 3 atom stereocenters. The molecule has 0 aromatic heterocycles. The molecule has 25 heavy (non-hydrogen) atoms. The van der Waals surface area contributed by atoms with E-state index < -0.39 is 11.6 Å². The predicted octanol–water partition coefficient (Wildman–Crippen LogP) is 3.22. The lowest BCUT2D eigenvalue weighted by molar-refractivity contribution is -0.188. The van der Waals surface area contributed by atoms with Crippen molar-refractivity contribution in [3.05, 3.63) is 35.4 Å². The number of aliphatic imine (C=N–C) groups is 1. The van der Waals surface area contributed by atoms with Crippen LogP contribution in [0.15, 0.2) is 23.2 Å². The third-order valence-corrected chi connectivity index (χ3v) is 5.38. The molecule has 0 bridgehead atoms. The van der Waals surface area contributed by atoms with Crippen LogP contribution >= 0.6 is 0 Å². The monoisotopic (exact) mass is 351 g/mol. The Hall–Kier alpha value is -1.69. The second-order valence-corrected chi connectivity index (χ2v) is 7.47. The fourth-order valence-electron chi connectivity index (χ4n) is 4.11. The molecule has 0 amide bonds. The van der Waals surface area contributed by atoms with Gasteiger partial charge in [-0.25, -0.2) is 13.8 Å². The van der Waals surface area contributed by atoms with Gasteiger partial charge in [-0.1, -0.05) is 13.8 Å². The van der Waals surface area contributed by atoms with Crippen LogP contribution in [0.1, 0.15) is 39.2 Å². The first-order valence-electron chi connectivity index (χ1n) is 9.04. The zero-order valence-corrected chi connectivity index (χ0v) is 15.1. The van der Waals surface area contributed by atoms with Crippen molar-refractivity contribution in [1.29, 1.82) is 0 Å². The fraction of sp³-hybridized carbons (Fsp3) is 0.632. The van der Waals surface area contributed by atoms with Crippen molar-refractivity contribution in [2.45, 2.75) is 52.3 Å². The topological polar surface area (TPSA) is 45.7 Å². The summed E-state index contributed by atoms with van der Waals surface area (Å²) in [5, 5.41) is 6.69. The first-order chi connectivity index (χ1) is 11.9. The summed E-state index contributed by atoms with van der Waals surface area (Å²) >= 11 is 0. The molecule has 2 fully saturated rings. The number of nitrogens with one attached hydrogen (secondary N) is 2. The highest BCUT2D eigenvalue weighted by molar-refractivity contribution is 5.80. The molecule has 4 nitrogen and oxygen atoms in total. The first kappa shape index (κ1) is 18.1. The van der Waals surface area contributed by atoms with E-state index in [1.807, 2.05) is 6.92 Å². The van der Waals surface area contributed by atoms with E-state index in [0.29, 0.717) is 18.4 Å². The van der Waals surface area contributed by atoms with Gasteiger partial charge in [0.25, 0.3) is 0 Å².